The average molecular weight is 566 g/mol. The molecule has 1 saturated carbocycles. The van der Waals surface area contributed by atoms with Crippen LogP contribution in [0.25, 0.3) is 11.3 Å². The number of nitrogens with zero attached hydrogens (tertiary/aromatic N) is 3. The van der Waals surface area contributed by atoms with Crippen LogP contribution in [0.1, 0.15) is 47.2 Å². The molecule has 0 unspecified atom stereocenters. The molecule has 212 valence electrons. The monoisotopic (exact) mass is 565 g/mol. The number of amides is 1. The molecule has 7 nitrogen and oxygen atoms in total. The third-order valence-electron chi connectivity index (χ3n) is 6.78. The van der Waals surface area contributed by atoms with E-state index in [1.54, 1.807) is 23.2 Å². The van der Waals surface area contributed by atoms with Gasteiger partial charge in [0.05, 0.1) is 17.3 Å². The van der Waals surface area contributed by atoms with Gasteiger partial charge in [-0.2, -0.15) is 23.3 Å². The topological polar surface area (TPSA) is 82.6 Å². The van der Waals surface area contributed by atoms with Crippen molar-refractivity contribution in [1.82, 2.24) is 15.2 Å². The van der Waals surface area contributed by atoms with Gasteiger partial charge in [-0.1, -0.05) is 43.2 Å². The number of anilines is 1. The van der Waals surface area contributed by atoms with Gasteiger partial charge in [0.1, 0.15) is 24.5 Å². The van der Waals surface area contributed by atoms with Crippen LogP contribution < -0.4 is 10.2 Å². The fourth-order valence-corrected chi connectivity index (χ4v) is 4.58. The normalized spacial score (nSPS) is 14.0. The minimum absolute atomic E-state index is 0.0251. The van der Waals surface area contributed by atoms with E-state index in [2.05, 4.69) is 20.6 Å². The van der Waals surface area contributed by atoms with E-state index in [-0.39, 0.29) is 11.6 Å². The number of alkyl halides is 3. The van der Waals surface area contributed by atoms with Gasteiger partial charge in [-0.3, -0.25) is 20.3 Å². The minimum atomic E-state index is -4.49. The Morgan fingerprint density at radius 2 is 1.78 bits per heavy atom. The summed E-state index contributed by atoms with van der Waals surface area (Å²) in [7, 11) is 0. The van der Waals surface area contributed by atoms with Gasteiger partial charge < -0.3 is 4.74 Å². The lowest BCUT2D eigenvalue weighted by Crippen LogP contribution is -2.37. The lowest BCUT2D eigenvalue weighted by atomic mass is 10.1. The van der Waals surface area contributed by atoms with E-state index < -0.39 is 23.5 Å². The van der Waals surface area contributed by atoms with Crippen LogP contribution in [0.15, 0.2) is 83.9 Å². The second-order valence-corrected chi connectivity index (χ2v) is 9.66. The standard InChI is InChI=1S/C30H27F4N5O2/c31-26-16-24(41-18-20-6-2-1-3-7-20)14-15-25(26)27-17-28(37-36-27)38-39(23-8-4-5-9-23)19-35-29(40)21-10-12-22(13-11-21)30(32,33)34/h1-3,6-7,10-17,19,23H,4-5,8-9,18H2,(H2,36,37,38). The zero-order valence-electron chi connectivity index (χ0n) is 21.9. The summed E-state index contributed by atoms with van der Waals surface area (Å²) in [4.78, 5) is 16.5. The highest BCUT2D eigenvalue weighted by Crippen LogP contribution is 2.30. The zero-order chi connectivity index (χ0) is 28.8. The number of carbonyl (C=O) groups is 1. The Morgan fingerprint density at radius 1 is 1.05 bits per heavy atom. The van der Waals surface area contributed by atoms with Gasteiger partial charge in [0, 0.05) is 23.3 Å². The van der Waals surface area contributed by atoms with Crippen LogP contribution in [0, 0.1) is 5.82 Å². The number of ether oxygens (including phenoxy) is 1. The number of H-pyrrole nitrogens is 1. The molecule has 1 amide bonds. The molecule has 1 aliphatic rings. The van der Waals surface area contributed by atoms with Crippen molar-refractivity contribution in [1.29, 1.82) is 0 Å². The molecule has 0 spiro atoms. The van der Waals surface area contributed by atoms with E-state index in [9.17, 15) is 22.4 Å². The number of aliphatic imine (C=N–C) groups is 1. The lowest BCUT2D eigenvalue weighted by Gasteiger charge is -2.26. The maximum atomic E-state index is 15.0. The number of rotatable bonds is 9. The zero-order valence-corrected chi connectivity index (χ0v) is 21.9. The van der Waals surface area contributed by atoms with Crippen molar-refractivity contribution in [2.45, 2.75) is 44.5 Å². The van der Waals surface area contributed by atoms with Gasteiger partial charge in [0.2, 0.25) is 0 Å². The smallest absolute Gasteiger partial charge is 0.416 e. The molecular weight excluding hydrogens is 538 g/mol. The molecule has 0 aliphatic heterocycles. The third kappa shape index (κ3) is 7.10. The number of hydrazine groups is 1. The summed E-state index contributed by atoms with van der Waals surface area (Å²) in [5, 5.41) is 8.71. The van der Waals surface area contributed by atoms with Gasteiger partial charge in [-0.25, -0.2) is 4.39 Å². The van der Waals surface area contributed by atoms with Gasteiger partial charge in [0.25, 0.3) is 5.91 Å². The van der Waals surface area contributed by atoms with Gasteiger partial charge in [-0.15, -0.1) is 0 Å². The number of carbonyl (C=O) groups excluding carboxylic acids is 1. The number of aromatic nitrogens is 2. The molecule has 1 aromatic heterocycles. The molecule has 0 bridgehead atoms. The quantitative estimate of drug-likeness (QED) is 0.0967. The summed E-state index contributed by atoms with van der Waals surface area (Å²) in [6.45, 7) is 0.317. The molecule has 1 fully saturated rings. The molecule has 4 aromatic rings. The van der Waals surface area contributed by atoms with Crippen molar-refractivity contribution in [2.24, 2.45) is 4.99 Å². The third-order valence-corrected chi connectivity index (χ3v) is 6.78. The SMILES string of the molecule is O=C(N=CN(Nc1cc(-c2ccc(OCc3ccccc3)cc2F)[nH]n1)C1CCCC1)c1ccc(C(F)(F)F)cc1. The van der Waals surface area contributed by atoms with Crippen LogP contribution in [-0.2, 0) is 12.8 Å². The maximum Gasteiger partial charge on any atom is 0.416 e. The van der Waals surface area contributed by atoms with Crippen molar-refractivity contribution in [3.63, 3.8) is 0 Å². The first-order chi connectivity index (χ1) is 19.8. The molecule has 5 rings (SSSR count). The predicted octanol–water partition coefficient (Wildman–Crippen LogP) is 7.25. The van der Waals surface area contributed by atoms with Crippen LogP contribution >= 0.6 is 0 Å². The van der Waals surface area contributed by atoms with Crippen molar-refractivity contribution < 1.29 is 27.1 Å². The van der Waals surface area contributed by atoms with Crippen molar-refractivity contribution in [3.8, 4) is 17.0 Å². The van der Waals surface area contributed by atoms with Gasteiger partial charge in [-0.05, 0) is 54.8 Å². The number of nitrogens with one attached hydrogen (secondary N) is 2. The molecule has 0 atom stereocenters. The Kier molecular flexibility index (Phi) is 8.32. The van der Waals surface area contributed by atoms with E-state index in [1.165, 1.54) is 12.4 Å². The summed E-state index contributed by atoms with van der Waals surface area (Å²) in [5.41, 5.74) is 4.01. The van der Waals surface area contributed by atoms with E-state index in [4.69, 9.17) is 4.74 Å². The molecule has 1 aliphatic carbocycles. The predicted molar refractivity (Wildman–Crippen MR) is 147 cm³/mol. The van der Waals surface area contributed by atoms with E-state index in [1.807, 2.05) is 30.3 Å². The first kappa shape index (κ1) is 27.9. The fraction of sp³-hybridized carbons (Fsp3) is 0.233. The molecule has 0 saturated heterocycles. The highest BCUT2D eigenvalue weighted by molar-refractivity contribution is 5.98. The fourth-order valence-electron chi connectivity index (χ4n) is 4.58. The first-order valence-electron chi connectivity index (χ1n) is 13.1. The molecule has 11 heteroatoms. The summed E-state index contributed by atoms with van der Waals surface area (Å²) in [6.07, 6.45) is 0.535. The summed E-state index contributed by atoms with van der Waals surface area (Å²) < 4.78 is 59.2. The second kappa shape index (κ2) is 12.2. The molecule has 1 heterocycles. The second-order valence-electron chi connectivity index (χ2n) is 9.66. The number of halogens is 4. The Morgan fingerprint density at radius 3 is 2.46 bits per heavy atom. The van der Waals surface area contributed by atoms with Crippen LogP contribution in [-0.4, -0.2) is 33.5 Å². The molecule has 2 N–H and O–H groups in total. The number of hydrogen-bond acceptors (Lipinski definition) is 4. The van der Waals surface area contributed by atoms with Crippen LogP contribution in [0.5, 0.6) is 5.75 Å². The van der Waals surface area contributed by atoms with Crippen LogP contribution in [0.3, 0.4) is 0 Å². The van der Waals surface area contributed by atoms with E-state index in [0.717, 1.165) is 55.5 Å². The summed E-state index contributed by atoms with van der Waals surface area (Å²) >= 11 is 0. The Balaban J connectivity index is 1.26. The van der Waals surface area contributed by atoms with E-state index >= 15 is 0 Å². The molecule has 41 heavy (non-hydrogen) atoms. The van der Waals surface area contributed by atoms with Crippen molar-refractivity contribution >= 4 is 18.1 Å². The highest BCUT2D eigenvalue weighted by Gasteiger charge is 2.30. The molecular formula is C30H27F4N5O2. The van der Waals surface area contributed by atoms with Crippen molar-refractivity contribution in [3.05, 3.63) is 101 Å². The number of aromatic amines is 1. The molecule has 0 radical (unpaired) electrons. The van der Waals surface area contributed by atoms with Gasteiger partial charge in [0.15, 0.2) is 5.82 Å². The summed E-state index contributed by atoms with van der Waals surface area (Å²) in [6, 6.07) is 19.7. The lowest BCUT2D eigenvalue weighted by molar-refractivity contribution is -0.137. The number of benzene rings is 3. The summed E-state index contributed by atoms with van der Waals surface area (Å²) in [5.74, 6) is -0.386. The minimum Gasteiger partial charge on any atom is -0.489 e. The van der Waals surface area contributed by atoms with E-state index in [0.29, 0.717) is 29.4 Å². The van der Waals surface area contributed by atoms with Crippen LogP contribution in [0.4, 0.5) is 23.4 Å². The Hall–Kier alpha value is -4.67. The number of hydrogen-bond donors (Lipinski definition) is 2. The Labute approximate surface area is 233 Å². The van der Waals surface area contributed by atoms with Crippen molar-refractivity contribution in [2.75, 3.05) is 5.43 Å². The highest BCUT2D eigenvalue weighted by atomic mass is 19.4. The maximum absolute atomic E-state index is 15.0. The molecule has 3 aromatic carbocycles. The average Bonchev–Trinajstić information content (AvgIpc) is 3.67. The largest absolute Gasteiger partial charge is 0.489 e. The van der Waals surface area contributed by atoms with Gasteiger partial charge >= 0.3 is 6.18 Å². The first-order valence-corrected chi connectivity index (χ1v) is 13.1. The van der Waals surface area contributed by atoms with Crippen LogP contribution in [0.2, 0.25) is 0 Å². The Bertz CT molecular complexity index is 1500.